The standard InChI is InChI=1S/C69H48N2O.C60H44N2O/c1-69(2)63-43-55(34-36-57(63)58-37-35-56(44-64(58)69)71-65-22-12-9-19-59(65)60-20-10-13-23-66(60)71)70(53-30-25-47(26-31-53)49-29-38-68-62(42-49)61-21-11-14-24-67(61)72-68)54-32-27-48(28-33-54)52-40-50(45-15-5-3-6-16-45)39-51(41-52)46-17-7-4-8-18-46;1-59(2)51-17-9-5-13-43(51)44-29-26-40(34-52(44)59)61(39-24-21-37(22-25-39)38-23-32-58-50(33-38)49-16-8-12-20-57(49)63-58)41-27-30-45-46-31-28-42(36-54(46)60(3,4)53(45)35-41)62-55-18-10-6-14-47(55)48-15-7-11-19-56(48)62/h3-44H,1-2H3;5-36H,1-4H3. The largest absolute Gasteiger partial charge is 0.456 e. The molecule has 0 radical (unpaired) electrons. The predicted molar refractivity (Wildman–Crippen MR) is 565 cm³/mol. The van der Waals surface area contributed by atoms with Crippen LogP contribution in [0.25, 0.3) is 188 Å². The Kier molecular flexibility index (Phi) is 18.0. The van der Waals surface area contributed by atoms with Gasteiger partial charge in [0.05, 0.1) is 22.1 Å². The lowest BCUT2D eigenvalue weighted by molar-refractivity contribution is 0.659. The molecular weight excluding hydrogens is 1640 g/mol. The summed E-state index contributed by atoms with van der Waals surface area (Å²) in [4.78, 5) is 4.87. The van der Waals surface area contributed by atoms with Crippen molar-refractivity contribution < 1.29 is 8.83 Å². The number of nitrogens with zero attached hydrogens (tertiary/aromatic N) is 4. The lowest BCUT2D eigenvalue weighted by Crippen LogP contribution is -2.18. The van der Waals surface area contributed by atoms with Crippen molar-refractivity contribution in [2.45, 2.75) is 57.8 Å². The van der Waals surface area contributed by atoms with Crippen LogP contribution < -0.4 is 9.80 Å². The lowest BCUT2D eigenvalue weighted by Gasteiger charge is -2.30. The van der Waals surface area contributed by atoms with Gasteiger partial charge in [-0.3, -0.25) is 0 Å². The van der Waals surface area contributed by atoms with Crippen molar-refractivity contribution in [3.05, 3.63) is 482 Å². The first kappa shape index (κ1) is 79.2. The molecule has 0 amide bonds. The third-order valence-electron chi connectivity index (χ3n) is 29.6. The zero-order valence-electron chi connectivity index (χ0n) is 75.8. The summed E-state index contributed by atoms with van der Waals surface area (Å²) in [6.45, 7) is 14.3. The van der Waals surface area contributed by atoms with Gasteiger partial charge >= 0.3 is 0 Å². The third-order valence-corrected chi connectivity index (χ3v) is 29.6. The Balaban J connectivity index is 0.000000142. The zero-order valence-corrected chi connectivity index (χ0v) is 75.8. The van der Waals surface area contributed by atoms with Gasteiger partial charge in [0.1, 0.15) is 22.3 Å². The van der Waals surface area contributed by atoms with Gasteiger partial charge in [0.15, 0.2) is 0 Å². The summed E-state index contributed by atoms with van der Waals surface area (Å²) in [7, 11) is 0. The summed E-state index contributed by atoms with van der Waals surface area (Å²) < 4.78 is 17.2. The van der Waals surface area contributed by atoms with E-state index in [1.807, 2.05) is 24.3 Å². The summed E-state index contributed by atoms with van der Waals surface area (Å²) in [6, 6.07) is 165. The third kappa shape index (κ3) is 12.8. The van der Waals surface area contributed by atoms with E-state index in [2.05, 4.69) is 485 Å². The molecule has 6 heteroatoms. The highest BCUT2D eigenvalue weighted by Crippen LogP contribution is 2.57. The summed E-state index contributed by atoms with van der Waals surface area (Å²) >= 11 is 0. The number of hydrogen-bond donors (Lipinski definition) is 0. The fourth-order valence-corrected chi connectivity index (χ4v) is 22.7. The summed E-state index contributed by atoms with van der Waals surface area (Å²) in [5.74, 6) is 0. The van der Waals surface area contributed by atoms with Gasteiger partial charge in [0.2, 0.25) is 0 Å². The Bertz CT molecular complexity index is 8780. The quantitative estimate of drug-likeness (QED) is 0.115. The first-order chi connectivity index (χ1) is 66.2. The van der Waals surface area contributed by atoms with Gasteiger partial charge in [-0.15, -0.1) is 0 Å². The van der Waals surface area contributed by atoms with Crippen molar-refractivity contribution in [3.8, 4) is 100 Å². The molecule has 0 saturated heterocycles. The molecule has 640 valence electrons. The molecule has 3 aliphatic carbocycles. The van der Waals surface area contributed by atoms with E-state index in [9.17, 15) is 0 Å². The maximum absolute atomic E-state index is 6.19. The first-order valence-corrected chi connectivity index (χ1v) is 47.0. The van der Waals surface area contributed by atoms with Gasteiger partial charge in [-0.05, 0) is 298 Å². The van der Waals surface area contributed by atoms with Gasteiger partial charge in [-0.1, -0.05) is 315 Å². The highest BCUT2D eigenvalue weighted by Gasteiger charge is 2.41. The molecule has 27 rings (SSSR count). The van der Waals surface area contributed by atoms with Gasteiger partial charge in [-0.2, -0.15) is 0 Å². The molecule has 135 heavy (non-hydrogen) atoms. The van der Waals surface area contributed by atoms with Crippen LogP contribution in [0.15, 0.2) is 458 Å². The molecule has 0 fully saturated rings. The monoisotopic (exact) mass is 1730 g/mol. The van der Waals surface area contributed by atoms with Gasteiger partial charge in [0, 0.05) is 105 Å². The van der Waals surface area contributed by atoms with E-state index in [4.69, 9.17) is 8.83 Å². The van der Waals surface area contributed by atoms with Crippen molar-refractivity contribution in [1.29, 1.82) is 0 Å². The van der Waals surface area contributed by atoms with Crippen LogP contribution in [0.2, 0.25) is 0 Å². The molecule has 4 aromatic heterocycles. The first-order valence-electron chi connectivity index (χ1n) is 47.0. The molecule has 0 aliphatic heterocycles. The minimum Gasteiger partial charge on any atom is -0.456 e. The number of hydrogen-bond acceptors (Lipinski definition) is 4. The Morgan fingerprint density at radius 2 is 0.430 bits per heavy atom. The number of fused-ring (bicyclic) bond motifs is 21. The molecule has 6 nitrogen and oxygen atoms in total. The predicted octanol–water partition coefficient (Wildman–Crippen LogP) is 35.6. The average molecular weight is 1730 g/mol. The Morgan fingerprint density at radius 3 is 0.807 bits per heavy atom. The number of furan rings is 2. The SMILES string of the molecule is CC1(C)c2cc(N(c3ccc(-c4cc(-c5ccccc5)cc(-c5ccccc5)c4)cc3)c3ccc(-c4ccc5oc6ccccc6c5c4)cc3)ccc2-c2ccc(-n3c4ccccc4c4ccccc43)cc21.CC1(C)c2ccccc2-c2ccc(N(c3ccc(-c4ccc5oc6ccccc6c5c4)cc3)c3ccc4c(c3)C(C)(C)c3cc(-n5c6ccccc6c6ccccc65)ccc3-4)cc21. The second-order valence-corrected chi connectivity index (χ2v) is 38.3. The van der Waals surface area contributed by atoms with E-state index in [-0.39, 0.29) is 16.2 Å². The van der Waals surface area contributed by atoms with Crippen LogP contribution >= 0.6 is 0 Å². The van der Waals surface area contributed by atoms with Gasteiger partial charge in [-0.25, -0.2) is 0 Å². The van der Waals surface area contributed by atoms with Crippen LogP contribution in [0.5, 0.6) is 0 Å². The van der Waals surface area contributed by atoms with E-state index in [0.29, 0.717) is 0 Å². The van der Waals surface area contributed by atoms with E-state index >= 15 is 0 Å². The second kappa shape index (κ2) is 30.7. The summed E-state index contributed by atoms with van der Waals surface area (Å²) in [5.41, 5.74) is 44.7. The molecule has 0 saturated carbocycles. The summed E-state index contributed by atoms with van der Waals surface area (Å²) in [5, 5.41) is 9.64. The molecular formula is C129H92N4O2. The zero-order chi connectivity index (χ0) is 90.1. The maximum atomic E-state index is 6.19. The minimum atomic E-state index is -0.259. The van der Waals surface area contributed by atoms with Crippen LogP contribution in [-0.4, -0.2) is 9.13 Å². The Labute approximate surface area is 784 Å². The van der Waals surface area contributed by atoms with E-state index < -0.39 is 0 Å². The van der Waals surface area contributed by atoms with Crippen molar-refractivity contribution in [2.75, 3.05) is 9.80 Å². The van der Waals surface area contributed by atoms with E-state index in [1.165, 1.54) is 161 Å². The van der Waals surface area contributed by atoms with Crippen molar-refractivity contribution >= 4 is 122 Å². The lowest BCUT2D eigenvalue weighted by atomic mass is 9.82. The van der Waals surface area contributed by atoms with Crippen LogP contribution in [0.3, 0.4) is 0 Å². The molecule has 20 aromatic carbocycles. The molecule has 0 N–H and O–H groups in total. The number of rotatable bonds is 13. The highest BCUT2D eigenvalue weighted by atomic mass is 16.3. The normalized spacial score (nSPS) is 13.4. The van der Waals surface area contributed by atoms with Crippen molar-refractivity contribution in [1.82, 2.24) is 9.13 Å². The van der Waals surface area contributed by atoms with Crippen molar-refractivity contribution in [3.63, 3.8) is 0 Å². The van der Waals surface area contributed by atoms with Crippen LogP contribution in [0, 0.1) is 0 Å². The maximum Gasteiger partial charge on any atom is 0.135 e. The topological polar surface area (TPSA) is 42.6 Å². The molecule has 0 bridgehead atoms. The van der Waals surface area contributed by atoms with E-state index in [0.717, 1.165) is 94.7 Å². The minimum absolute atomic E-state index is 0.122. The highest BCUT2D eigenvalue weighted by molar-refractivity contribution is 6.12. The molecule has 4 heterocycles. The molecule has 0 atom stereocenters. The van der Waals surface area contributed by atoms with Gasteiger partial charge < -0.3 is 27.8 Å². The average Bonchev–Trinajstić information content (AvgIpc) is 1.57. The number of anilines is 6. The van der Waals surface area contributed by atoms with E-state index in [1.54, 1.807) is 0 Å². The second-order valence-electron chi connectivity index (χ2n) is 38.3. The van der Waals surface area contributed by atoms with Crippen LogP contribution in [-0.2, 0) is 16.2 Å². The Hall–Kier alpha value is -16.8. The number of aromatic nitrogens is 2. The molecule has 0 spiro atoms. The molecule has 24 aromatic rings. The number of para-hydroxylation sites is 6. The van der Waals surface area contributed by atoms with Crippen LogP contribution in [0.4, 0.5) is 34.1 Å². The number of benzene rings is 20. The Morgan fingerprint density at radius 1 is 0.170 bits per heavy atom. The molecule has 0 unspecified atom stereocenters. The smallest absolute Gasteiger partial charge is 0.135 e. The fraction of sp³-hybridized carbons (Fsp3) is 0.0698. The van der Waals surface area contributed by atoms with Gasteiger partial charge in [0.25, 0.3) is 0 Å². The fourth-order valence-electron chi connectivity index (χ4n) is 22.7. The van der Waals surface area contributed by atoms with Crippen molar-refractivity contribution in [2.24, 2.45) is 0 Å². The summed E-state index contributed by atoms with van der Waals surface area (Å²) in [6.07, 6.45) is 0. The molecule has 3 aliphatic rings. The van der Waals surface area contributed by atoms with Crippen LogP contribution in [0.1, 0.15) is 74.9 Å².